The second kappa shape index (κ2) is 13.8. The third-order valence-electron chi connectivity index (χ3n) is 4.90. The number of amides is 2. The zero-order chi connectivity index (χ0) is 25.7. The number of hydrogen-bond donors (Lipinski definition) is 2. The summed E-state index contributed by atoms with van der Waals surface area (Å²) in [4.78, 5) is 37.2. The summed E-state index contributed by atoms with van der Waals surface area (Å²) in [7, 11) is 0. The Morgan fingerprint density at radius 2 is 1.69 bits per heavy atom. The summed E-state index contributed by atoms with van der Waals surface area (Å²) in [6.07, 6.45) is 0.711. The summed E-state index contributed by atoms with van der Waals surface area (Å²) in [6.45, 7) is 5.76. The van der Waals surface area contributed by atoms with E-state index in [0.717, 1.165) is 17.5 Å². The van der Waals surface area contributed by atoms with Gasteiger partial charge in [-0.3, -0.25) is 9.59 Å². The molecule has 2 N–H and O–H groups in total. The van der Waals surface area contributed by atoms with Crippen LogP contribution in [0.5, 0.6) is 0 Å². The van der Waals surface area contributed by atoms with Crippen molar-refractivity contribution < 1.29 is 23.9 Å². The molecule has 186 valence electrons. The van der Waals surface area contributed by atoms with E-state index in [-0.39, 0.29) is 19.4 Å². The van der Waals surface area contributed by atoms with Crippen molar-refractivity contribution >= 4 is 18.0 Å². The van der Waals surface area contributed by atoms with Crippen molar-refractivity contribution in [2.24, 2.45) is 0 Å². The highest BCUT2D eigenvalue weighted by Crippen LogP contribution is 2.11. The highest BCUT2D eigenvalue weighted by molar-refractivity contribution is 5.86. The molecule has 0 radical (unpaired) electrons. The lowest BCUT2D eigenvalue weighted by atomic mass is 10.1. The van der Waals surface area contributed by atoms with Gasteiger partial charge in [0.05, 0.1) is 11.6 Å². The summed E-state index contributed by atoms with van der Waals surface area (Å²) in [5, 5.41) is 14.3. The van der Waals surface area contributed by atoms with Gasteiger partial charge in [0.15, 0.2) is 0 Å². The number of hydrogen-bond acceptors (Lipinski definition) is 6. The van der Waals surface area contributed by atoms with E-state index in [1.807, 2.05) is 42.5 Å². The predicted molar refractivity (Wildman–Crippen MR) is 131 cm³/mol. The van der Waals surface area contributed by atoms with Gasteiger partial charge < -0.3 is 20.1 Å². The molecule has 2 rings (SSSR count). The molecule has 2 aromatic rings. The highest BCUT2D eigenvalue weighted by atomic mass is 16.6. The first-order valence-corrected chi connectivity index (χ1v) is 11.6. The van der Waals surface area contributed by atoms with Crippen molar-refractivity contribution in [2.75, 3.05) is 6.54 Å². The van der Waals surface area contributed by atoms with Crippen LogP contribution in [0.25, 0.3) is 0 Å². The van der Waals surface area contributed by atoms with Crippen LogP contribution in [-0.4, -0.2) is 36.2 Å². The van der Waals surface area contributed by atoms with Gasteiger partial charge in [0.1, 0.15) is 18.2 Å². The SMILES string of the molecule is CC(C)(C)OC(=O)CCC(NC(=O)OCc1ccccc1)C(=O)NCCCc1ccc(C#N)cc1. The minimum atomic E-state index is -0.944. The number of carbonyl (C=O) groups is 3. The van der Waals surface area contributed by atoms with Crippen molar-refractivity contribution in [3.05, 3.63) is 71.3 Å². The molecule has 0 aliphatic heterocycles. The van der Waals surface area contributed by atoms with Crippen molar-refractivity contribution in [1.82, 2.24) is 10.6 Å². The molecule has 0 saturated heterocycles. The molecule has 0 fully saturated rings. The topological polar surface area (TPSA) is 118 Å². The molecule has 1 unspecified atom stereocenters. The average molecular weight is 480 g/mol. The number of ether oxygens (including phenoxy) is 2. The van der Waals surface area contributed by atoms with Crippen LogP contribution in [0.15, 0.2) is 54.6 Å². The molecule has 0 aliphatic rings. The highest BCUT2D eigenvalue weighted by Gasteiger charge is 2.24. The Bertz CT molecular complexity index is 1010. The van der Waals surface area contributed by atoms with Gasteiger partial charge in [0, 0.05) is 13.0 Å². The lowest BCUT2D eigenvalue weighted by Gasteiger charge is -2.21. The predicted octanol–water partition coefficient (Wildman–Crippen LogP) is 4.02. The number of carbonyl (C=O) groups excluding carboxylic acids is 3. The molecule has 0 aliphatic carbocycles. The summed E-state index contributed by atoms with van der Waals surface area (Å²) in [5.74, 6) is -0.847. The molecular formula is C27H33N3O5. The molecule has 2 amide bonds. The molecule has 2 aromatic carbocycles. The minimum Gasteiger partial charge on any atom is -0.460 e. The van der Waals surface area contributed by atoms with Crippen LogP contribution in [0.2, 0.25) is 0 Å². The molecule has 0 aromatic heterocycles. The zero-order valence-electron chi connectivity index (χ0n) is 20.5. The zero-order valence-corrected chi connectivity index (χ0v) is 20.5. The van der Waals surface area contributed by atoms with E-state index < -0.39 is 29.6 Å². The Morgan fingerprint density at radius 3 is 2.31 bits per heavy atom. The van der Waals surface area contributed by atoms with E-state index in [1.165, 1.54) is 0 Å². The van der Waals surface area contributed by atoms with Gasteiger partial charge in [-0.15, -0.1) is 0 Å². The van der Waals surface area contributed by atoms with Gasteiger partial charge in [0.25, 0.3) is 0 Å². The van der Waals surface area contributed by atoms with Crippen molar-refractivity contribution in [3.63, 3.8) is 0 Å². The lowest BCUT2D eigenvalue weighted by Crippen LogP contribution is -2.47. The normalized spacial score (nSPS) is 11.6. The van der Waals surface area contributed by atoms with Gasteiger partial charge >= 0.3 is 12.1 Å². The summed E-state index contributed by atoms with van der Waals surface area (Å²) in [6, 6.07) is 17.6. The van der Waals surface area contributed by atoms with Crippen LogP contribution in [-0.2, 0) is 32.1 Å². The summed E-state index contributed by atoms with van der Waals surface area (Å²) >= 11 is 0. The molecule has 1 atom stereocenters. The fraction of sp³-hybridized carbons (Fsp3) is 0.407. The maximum absolute atomic E-state index is 12.8. The van der Waals surface area contributed by atoms with Crippen molar-refractivity contribution in [2.45, 2.75) is 64.7 Å². The first kappa shape index (κ1) is 27.4. The van der Waals surface area contributed by atoms with Crippen LogP contribution >= 0.6 is 0 Å². The number of nitriles is 1. The van der Waals surface area contributed by atoms with Crippen LogP contribution < -0.4 is 10.6 Å². The number of benzene rings is 2. The lowest BCUT2D eigenvalue weighted by molar-refractivity contribution is -0.155. The average Bonchev–Trinajstić information content (AvgIpc) is 2.83. The largest absolute Gasteiger partial charge is 0.460 e. The molecule has 8 heteroatoms. The number of nitrogens with one attached hydrogen (secondary N) is 2. The van der Waals surface area contributed by atoms with Gasteiger partial charge in [-0.05, 0) is 63.3 Å². The van der Waals surface area contributed by atoms with E-state index in [2.05, 4.69) is 16.7 Å². The number of nitrogens with zero attached hydrogens (tertiary/aromatic N) is 1. The molecular weight excluding hydrogens is 446 g/mol. The molecule has 35 heavy (non-hydrogen) atoms. The van der Waals surface area contributed by atoms with Crippen molar-refractivity contribution in [3.8, 4) is 6.07 Å². The molecule has 8 nitrogen and oxygen atoms in total. The second-order valence-electron chi connectivity index (χ2n) is 9.09. The Morgan fingerprint density at radius 1 is 1.00 bits per heavy atom. The smallest absolute Gasteiger partial charge is 0.408 e. The van der Waals surface area contributed by atoms with Gasteiger partial charge in [-0.1, -0.05) is 42.5 Å². The summed E-state index contributed by atoms with van der Waals surface area (Å²) < 4.78 is 10.5. The van der Waals surface area contributed by atoms with Crippen molar-refractivity contribution in [1.29, 1.82) is 5.26 Å². The first-order valence-electron chi connectivity index (χ1n) is 11.6. The van der Waals surface area contributed by atoms with E-state index in [9.17, 15) is 14.4 Å². The van der Waals surface area contributed by atoms with E-state index >= 15 is 0 Å². The number of alkyl carbamates (subject to hydrolysis) is 1. The van der Waals surface area contributed by atoms with Gasteiger partial charge in [-0.25, -0.2) is 4.79 Å². The fourth-order valence-electron chi connectivity index (χ4n) is 3.20. The van der Waals surface area contributed by atoms with Crippen LogP contribution in [0.1, 0.15) is 56.7 Å². The maximum Gasteiger partial charge on any atom is 0.408 e. The first-order chi connectivity index (χ1) is 16.7. The Labute approximate surface area is 206 Å². The quantitative estimate of drug-likeness (QED) is 0.371. The third kappa shape index (κ3) is 11.2. The van der Waals surface area contributed by atoms with Gasteiger partial charge in [-0.2, -0.15) is 5.26 Å². The minimum absolute atomic E-state index is 0.0282. The molecule has 0 heterocycles. The number of rotatable bonds is 11. The van der Waals surface area contributed by atoms with Crippen LogP contribution in [0.4, 0.5) is 4.79 Å². The maximum atomic E-state index is 12.8. The molecule has 0 saturated carbocycles. The summed E-state index contributed by atoms with van der Waals surface area (Å²) in [5.41, 5.74) is 1.84. The Hall–Kier alpha value is -3.86. The Balaban J connectivity index is 1.87. The Kier molecular flexibility index (Phi) is 10.8. The fourth-order valence-corrected chi connectivity index (χ4v) is 3.20. The number of esters is 1. The molecule has 0 spiro atoms. The van der Waals surface area contributed by atoms with E-state index in [1.54, 1.807) is 32.9 Å². The van der Waals surface area contributed by atoms with Crippen LogP contribution in [0.3, 0.4) is 0 Å². The van der Waals surface area contributed by atoms with E-state index in [0.29, 0.717) is 18.5 Å². The standard InChI is InChI=1S/C27H33N3O5/c1-27(2,3)35-24(31)16-15-23(30-26(33)34-19-22-8-5-4-6-9-22)25(32)29-17-7-10-20-11-13-21(18-28)14-12-20/h4-6,8-9,11-14,23H,7,10,15-17,19H2,1-3H3,(H,29,32)(H,30,33). The third-order valence-corrected chi connectivity index (χ3v) is 4.90. The van der Waals surface area contributed by atoms with Gasteiger partial charge in [0.2, 0.25) is 5.91 Å². The second-order valence-corrected chi connectivity index (χ2v) is 9.09. The molecule has 0 bridgehead atoms. The van der Waals surface area contributed by atoms with E-state index in [4.69, 9.17) is 14.7 Å². The number of aryl methyl sites for hydroxylation is 1. The monoisotopic (exact) mass is 479 g/mol. The van der Waals surface area contributed by atoms with Crippen LogP contribution in [0, 0.1) is 11.3 Å².